The van der Waals surface area contributed by atoms with Crippen molar-refractivity contribution in [3.05, 3.63) is 34.6 Å². The minimum atomic E-state index is -0.249. The second kappa shape index (κ2) is 8.94. The maximum Gasteiger partial charge on any atom is 0.146 e. The molecule has 1 aliphatic rings. The van der Waals surface area contributed by atoms with E-state index >= 15 is 0 Å². The molecule has 0 amide bonds. The van der Waals surface area contributed by atoms with Crippen molar-refractivity contribution in [1.29, 1.82) is 0 Å². The zero-order valence-corrected chi connectivity index (χ0v) is 14.3. The van der Waals surface area contributed by atoms with Crippen molar-refractivity contribution >= 4 is 24.0 Å². The standard InChI is InChI=1S/C16H24ClFN2.ClH/c1-3-5-12(2)16(20-10-8-19-9-11-20)13-6-4-7-14(17)15(13)18;/h4,6-7,12,16,19H,3,5,8-11H2,1-2H3;1H/t12?,16-;/m0./s1. The van der Waals surface area contributed by atoms with Crippen LogP contribution in [0.15, 0.2) is 18.2 Å². The normalized spacial score (nSPS) is 18.9. The monoisotopic (exact) mass is 334 g/mol. The Bertz CT molecular complexity index is 436. The van der Waals surface area contributed by atoms with Gasteiger partial charge >= 0.3 is 0 Å². The van der Waals surface area contributed by atoms with Crippen LogP contribution in [0.25, 0.3) is 0 Å². The number of piperazine rings is 1. The number of halogens is 3. The van der Waals surface area contributed by atoms with Crippen LogP contribution in [0.5, 0.6) is 0 Å². The van der Waals surface area contributed by atoms with Crippen molar-refractivity contribution in [2.75, 3.05) is 26.2 Å². The molecule has 1 saturated heterocycles. The van der Waals surface area contributed by atoms with Gasteiger partial charge in [0.05, 0.1) is 5.02 Å². The van der Waals surface area contributed by atoms with E-state index in [2.05, 4.69) is 24.1 Å². The molecule has 1 aromatic rings. The molecule has 0 radical (unpaired) electrons. The molecule has 0 saturated carbocycles. The van der Waals surface area contributed by atoms with E-state index in [0.717, 1.165) is 44.6 Å². The van der Waals surface area contributed by atoms with Crippen LogP contribution in [0.3, 0.4) is 0 Å². The molecule has 1 N–H and O–H groups in total. The molecule has 1 aliphatic heterocycles. The Hall–Kier alpha value is -0.350. The Balaban J connectivity index is 0.00000220. The van der Waals surface area contributed by atoms with Gasteiger partial charge in [0.2, 0.25) is 0 Å². The quantitative estimate of drug-likeness (QED) is 0.864. The molecule has 5 heteroatoms. The Morgan fingerprint density at radius 3 is 2.62 bits per heavy atom. The molecule has 0 bridgehead atoms. The van der Waals surface area contributed by atoms with Gasteiger partial charge in [-0.05, 0) is 18.4 Å². The first kappa shape index (κ1) is 18.7. The average Bonchev–Trinajstić information content (AvgIpc) is 2.45. The highest BCUT2D eigenvalue weighted by molar-refractivity contribution is 6.30. The lowest BCUT2D eigenvalue weighted by atomic mass is 9.89. The predicted molar refractivity (Wildman–Crippen MR) is 89.9 cm³/mol. The van der Waals surface area contributed by atoms with Crippen LogP contribution in [-0.2, 0) is 0 Å². The third kappa shape index (κ3) is 4.56. The molecule has 21 heavy (non-hydrogen) atoms. The summed E-state index contributed by atoms with van der Waals surface area (Å²) in [5.41, 5.74) is 0.750. The summed E-state index contributed by atoms with van der Waals surface area (Å²) in [5, 5.41) is 3.58. The van der Waals surface area contributed by atoms with Crippen molar-refractivity contribution in [3.8, 4) is 0 Å². The Kier molecular flexibility index (Phi) is 7.96. The zero-order chi connectivity index (χ0) is 14.5. The molecule has 2 rings (SSSR count). The molecule has 120 valence electrons. The maximum atomic E-state index is 14.4. The molecule has 1 fully saturated rings. The first-order valence-corrected chi connectivity index (χ1v) is 7.91. The third-order valence-electron chi connectivity index (χ3n) is 4.13. The molecule has 1 heterocycles. The Labute approximate surface area is 138 Å². The van der Waals surface area contributed by atoms with Gasteiger partial charge in [0.25, 0.3) is 0 Å². The largest absolute Gasteiger partial charge is 0.314 e. The fraction of sp³-hybridized carbons (Fsp3) is 0.625. The van der Waals surface area contributed by atoms with Gasteiger partial charge in [-0.25, -0.2) is 4.39 Å². The van der Waals surface area contributed by atoms with Crippen LogP contribution in [0, 0.1) is 11.7 Å². The number of nitrogens with one attached hydrogen (secondary N) is 1. The minimum absolute atomic E-state index is 0. The maximum absolute atomic E-state index is 14.4. The van der Waals surface area contributed by atoms with Gasteiger partial charge < -0.3 is 5.32 Å². The lowest BCUT2D eigenvalue weighted by molar-refractivity contribution is 0.123. The third-order valence-corrected chi connectivity index (χ3v) is 4.42. The Morgan fingerprint density at radius 1 is 1.33 bits per heavy atom. The van der Waals surface area contributed by atoms with E-state index in [0.29, 0.717) is 5.92 Å². The van der Waals surface area contributed by atoms with Gasteiger partial charge in [-0.2, -0.15) is 0 Å². The second-order valence-electron chi connectivity index (χ2n) is 5.64. The summed E-state index contributed by atoms with van der Waals surface area (Å²) in [6, 6.07) is 5.49. The van der Waals surface area contributed by atoms with E-state index in [1.807, 2.05) is 12.1 Å². The molecule has 0 aliphatic carbocycles. The van der Waals surface area contributed by atoms with Crippen molar-refractivity contribution in [2.45, 2.75) is 32.7 Å². The topological polar surface area (TPSA) is 15.3 Å². The summed E-state index contributed by atoms with van der Waals surface area (Å²) in [6.07, 6.45) is 2.21. The fourth-order valence-electron chi connectivity index (χ4n) is 3.19. The molecule has 2 nitrogen and oxygen atoms in total. The first-order chi connectivity index (χ1) is 9.65. The highest BCUT2D eigenvalue weighted by atomic mass is 35.5. The molecular formula is C16H25Cl2FN2. The van der Waals surface area contributed by atoms with Crippen LogP contribution >= 0.6 is 24.0 Å². The fourth-order valence-corrected chi connectivity index (χ4v) is 3.37. The zero-order valence-electron chi connectivity index (χ0n) is 12.7. The molecule has 1 aromatic carbocycles. The van der Waals surface area contributed by atoms with Crippen molar-refractivity contribution in [1.82, 2.24) is 10.2 Å². The van der Waals surface area contributed by atoms with Crippen molar-refractivity contribution < 1.29 is 4.39 Å². The van der Waals surface area contributed by atoms with Crippen LogP contribution in [0.2, 0.25) is 5.02 Å². The highest BCUT2D eigenvalue weighted by Crippen LogP contribution is 2.35. The van der Waals surface area contributed by atoms with Crippen LogP contribution in [0.4, 0.5) is 4.39 Å². The van der Waals surface area contributed by atoms with E-state index in [-0.39, 0.29) is 29.3 Å². The summed E-state index contributed by atoms with van der Waals surface area (Å²) in [5.74, 6) is 0.173. The molecule has 0 spiro atoms. The first-order valence-electron chi connectivity index (χ1n) is 7.53. The van der Waals surface area contributed by atoms with E-state index in [1.165, 1.54) is 0 Å². The SMILES string of the molecule is CCCC(C)[C@@H](c1cccc(Cl)c1F)N1CCNCC1.Cl. The van der Waals surface area contributed by atoms with Crippen LogP contribution in [-0.4, -0.2) is 31.1 Å². The number of rotatable bonds is 5. The number of hydrogen-bond donors (Lipinski definition) is 1. The van der Waals surface area contributed by atoms with Gasteiger partial charge in [0.15, 0.2) is 0 Å². The highest BCUT2D eigenvalue weighted by Gasteiger charge is 2.29. The van der Waals surface area contributed by atoms with Gasteiger partial charge in [0, 0.05) is 37.8 Å². The van der Waals surface area contributed by atoms with Gasteiger partial charge in [-0.1, -0.05) is 44.0 Å². The summed E-state index contributed by atoms with van der Waals surface area (Å²) < 4.78 is 14.4. The number of hydrogen-bond acceptors (Lipinski definition) is 2. The van der Waals surface area contributed by atoms with Crippen LogP contribution < -0.4 is 5.32 Å². The van der Waals surface area contributed by atoms with E-state index in [4.69, 9.17) is 11.6 Å². The summed E-state index contributed by atoms with van der Waals surface area (Å²) >= 11 is 5.97. The molecule has 2 atom stereocenters. The summed E-state index contributed by atoms with van der Waals surface area (Å²) in [7, 11) is 0. The van der Waals surface area contributed by atoms with Gasteiger partial charge in [-0.3, -0.25) is 4.90 Å². The number of benzene rings is 1. The van der Waals surface area contributed by atoms with E-state index < -0.39 is 0 Å². The molecular weight excluding hydrogens is 310 g/mol. The van der Waals surface area contributed by atoms with Gasteiger partial charge in [0.1, 0.15) is 5.82 Å². The van der Waals surface area contributed by atoms with Crippen molar-refractivity contribution in [2.24, 2.45) is 5.92 Å². The smallest absolute Gasteiger partial charge is 0.146 e. The molecule has 0 aromatic heterocycles. The summed E-state index contributed by atoms with van der Waals surface area (Å²) in [6.45, 7) is 8.26. The predicted octanol–water partition coefficient (Wildman–Crippen LogP) is 4.28. The minimum Gasteiger partial charge on any atom is -0.314 e. The number of nitrogens with zero attached hydrogens (tertiary/aromatic N) is 1. The Morgan fingerprint density at radius 2 is 2.00 bits per heavy atom. The molecule has 1 unspecified atom stereocenters. The lowest BCUT2D eigenvalue weighted by Gasteiger charge is -2.39. The van der Waals surface area contributed by atoms with Crippen molar-refractivity contribution in [3.63, 3.8) is 0 Å². The van der Waals surface area contributed by atoms with E-state index in [9.17, 15) is 4.39 Å². The van der Waals surface area contributed by atoms with E-state index in [1.54, 1.807) is 6.07 Å². The van der Waals surface area contributed by atoms with Crippen LogP contribution in [0.1, 0.15) is 38.3 Å². The van der Waals surface area contributed by atoms with Gasteiger partial charge in [-0.15, -0.1) is 12.4 Å². The lowest BCUT2D eigenvalue weighted by Crippen LogP contribution is -2.46. The summed E-state index contributed by atoms with van der Waals surface area (Å²) in [4.78, 5) is 2.39. The second-order valence-corrected chi connectivity index (χ2v) is 6.05. The average molecular weight is 335 g/mol.